The maximum Gasteiger partial charge on any atom is 0.0449 e. The lowest BCUT2D eigenvalue weighted by Gasteiger charge is -2.10. The molecule has 1 atom stereocenters. The molecule has 3 nitrogen and oxygen atoms in total. The van der Waals surface area contributed by atoms with Crippen LogP contribution >= 0.6 is 0 Å². The fourth-order valence-electron chi connectivity index (χ4n) is 1.10. The van der Waals surface area contributed by atoms with Crippen LogP contribution in [0.1, 0.15) is 18.0 Å². The molecule has 0 aromatic heterocycles. The fourth-order valence-corrected chi connectivity index (χ4v) is 1.10. The second-order valence-corrected chi connectivity index (χ2v) is 2.79. The molecule has 12 heavy (non-hydrogen) atoms. The molecule has 0 aliphatic carbocycles. The van der Waals surface area contributed by atoms with E-state index in [4.69, 9.17) is 16.6 Å². The van der Waals surface area contributed by atoms with Gasteiger partial charge in [-0.3, -0.25) is 0 Å². The van der Waals surface area contributed by atoms with Crippen molar-refractivity contribution >= 4 is 5.69 Å². The van der Waals surface area contributed by atoms with Gasteiger partial charge in [0.1, 0.15) is 0 Å². The Labute approximate surface area is 72.0 Å². The van der Waals surface area contributed by atoms with E-state index in [0.29, 0.717) is 12.1 Å². The summed E-state index contributed by atoms with van der Waals surface area (Å²) in [5.74, 6) is 0. The van der Waals surface area contributed by atoms with E-state index in [-0.39, 0.29) is 12.6 Å². The largest absolute Gasteiger partial charge is 0.399 e. The number of rotatable bonds is 3. The summed E-state index contributed by atoms with van der Waals surface area (Å²) in [5, 5.41) is 8.66. The Kier molecular flexibility index (Phi) is 3.08. The second-order valence-electron chi connectivity index (χ2n) is 2.79. The van der Waals surface area contributed by atoms with E-state index in [1.807, 2.05) is 24.3 Å². The molecule has 0 aliphatic rings. The Morgan fingerprint density at radius 2 is 2.17 bits per heavy atom. The SMILES string of the molecule is Nc1cccc([C@H](N)CCO)c1. The number of aliphatic hydroxyl groups excluding tert-OH is 1. The molecule has 0 fully saturated rings. The van der Waals surface area contributed by atoms with Gasteiger partial charge in [0.05, 0.1) is 0 Å². The number of nitrogen functional groups attached to an aromatic ring is 1. The molecule has 5 N–H and O–H groups in total. The van der Waals surface area contributed by atoms with Crippen LogP contribution in [0.3, 0.4) is 0 Å². The van der Waals surface area contributed by atoms with Gasteiger partial charge in [-0.15, -0.1) is 0 Å². The molecule has 1 aromatic carbocycles. The minimum absolute atomic E-state index is 0.107. The van der Waals surface area contributed by atoms with Crippen LogP contribution < -0.4 is 11.5 Å². The van der Waals surface area contributed by atoms with Crippen molar-refractivity contribution in [3.63, 3.8) is 0 Å². The number of aliphatic hydroxyl groups is 1. The molecule has 0 radical (unpaired) electrons. The van der Waals surface area contributed by atoms with E-state index >= 15 is 0 Å². The molecule has 0 bridgehead atoms. The van der Waals surface area contributed by atoms with Crippen molar-refractivity contribution in [3.8, 4) is 0 Å². The van der Waals surface area contributed by atoms with Crippen LogP contribution in [-0.4, -0.2) is 11.7 Å². The molecular formula is C9H14N2O. The predicted octanol–water partition coefficient (Wildman–Crippen LogP) is 0.651. The molecule has 3 heteroatoms. The topological polar surface area (TPSA) is 72.3 Å². The van der Waals surface area contributed by atoms with E-state index in [9.17, 15) is 0 Å². The molecule has 0 spiro atoms. The summed E-state index contributed by atoms with van der Waals surface area (Å²) in [6, 6.07) is 7.31. The lowest BCUT2D eigenvalue weighted by molar-refractivity contribution is 0.276. The van der Waals surface area contributed by atoms with Crippen LogP contribution in [-0.2, 0) is 0 Å². The zero-order valence-corrected chi connectivity index (χ0v) is 6.90. The number of hydrogen-bond donors (Lipinski definition) is 3. The Balaban J connectivity index is 2.73. The van der Waals surface area contributed by atoms with Gasteiger partial charge < -0.3 is 16.6 Å². The summed E-state index contributed by atoms with van der Waals surface area (Å²) >= 11 is 0. The first-order valence-electron chi connectivity index (χ1n) is 3.96. The minimum Gasteiger partial charge on any atom is -0.399 e. The van der Waals surface area contributed by atoms with Crippen molar-refractivity contribution in [2.75, 3.05) is 12.3 Å². The zero-order valence-electron chi connectivity index (χ0n) is 6.90. The average Bonchev–Trinajstić information content (AvgIpc) is 2.05. The zero-order chi connectivity index (χ0) is 8.97. The Hall–Kier alpha value is -1.06. The van der Waals surface area contributed by atoms with Crippen LogP contribution in [0.5, 0.6) is 0 Å². The highest BCUT2D eigenvalue weighted by molar-refractivity contribution is 5.41. The lowest BCUT2D eigenvalue weighted by Crippen LogP contribution is -2.11. The standard InChI is InChI=1S/C9H14N2O/c10-8-3-1-2-7(6-8)9(11)4-5-12/h1-3,6,9,12H,4-5,10-11H2/t9-/m1/s1. The molecule has 66 valence electrons. The van der Waals surface area contributed by atoms with Gasteiger partial charge in [-0.2, -0.15) is 0 Å². The van der Waals surface area contributed by atoms with Gasteiger partial charge in [0, 0.05) is 18.3 Å². The molecule has 1 aromatic rings. The monoisotopic (exact) mass is 166 g/mol. The van der Waals surface area contributed by atoms with Crippen molar-refractivity contribution < 1.29 is 5.11 Å². The van der Waals surface area contributed by atoms with Crippen molar-refractivity contribution in [2.24, 2.45) is 5.73 Å². The third-order valence-corrected chi connectivity index (χ3v) is 1.78. The third kappa shape index (κ3) is 2.22. The first-order valence-corrected chi connectivity index (χ1v) is 3.96. The lowest BCUT2D eigenvalue weighted by atomic mass is 10.0. The number of anilines is 1. The Morgan fingerprint density at radius 1 is 1.42 bits per heavy atom. The Bertz CT molecular complexity index is 250. The summed E-state index contributed by atoms with van der Waals surface area (Å²) < 4.78 is 0. The van der Waals surface area contributed by atoms with Gasteiger partial charge in [0.25, 0.3) is 0 Å². The van der Waals surface area contributed by atoms with Gasteiger partial charge in [0.15, 0.2) is 0 Å². The highest BCUT2D eigenvalue weighted by Gasteiger charge is 2.03. The van der Waals surface area contributed by atoms with Crippen LogP contribution in [0.4, 0.5) is 5.69 Å². The van der Waals surface area contributed by atoms with Crippen LogP contribution in [0.25, 0.3) is 0 Å². The summed E-state index contributed by atoms with van der Waals surface area (Å²) in [7, 11) is 0. The van der Waals surface area contributed by atoms with E-state index in [1.165, 1.54) is 0 Å². The van der Waals surface area contributed by atoms with Crippen molar-refractivity contribution in [2.45, 2.75) is 12.5 Å². The van der Waals surface area contributed by atoms with Gasteiger partial charge in [-0.1, -0.05) is 12.1 Å². The van der Waals surface area contributed by atoms with Crippen LogP contribution in [0.2, 0.25) is 0 Å². The van der Waals surface area contributed by atoms with E-state index in [0.717, 1.165) is 5.56 Å². The van der Waals surface area contributed by atoms with E-state index in [1.54, 1.807) is 0 Å². The predicted molar refractivity (Wildman–Crippen MR) is 49.5 cm³/mol. The smallest absolute Gasteiger partial charge is 0.0449 e. The molecule has 0 saturated carbocycles. The first-order chi connectivity index (χ1) is 5.74. The van der Waals surface area contributed by atoms with Crippen LogP contribution in [0, 0.1) is 0 Å². The maximum absolute atomic E-state index is 8.66. The number of benzene rings is 1. The number of nitrogens with two attached hydrogens (primary N) is 2. The Morgan fingerprint density at radius 3 is 2.75 bits per heavy atom. The van der Waals surface area contributed by atoms with Crippen molar-refractivity contribution in [1.29, 1.82) is 0 Å². The highest BCUT2D eigenvalue weighted by Crippen LogP contribution is 2.15. The van der Waals surface area contributed by atoms with Crippen molar-refractivity contribution in [3.05, 3.63) is 29.8 Å². The first kappa shape index (κ1) is 9.03. The maximum atomic E-state index is 8.66. The van der Waals surface area contributed by atoms with Gasteiger partial charge in [0.2, 0.25) is 0 Å². The van der Waals surface area contributed by atoms with Gasteiger partial charge in [-0.25, -0.2) is 0 Å². The normalized spacial score (nSPS) is 12.8. The molecule has 0 saturated heterocycles. The van der Waals surface area contributed by atoms with E-state index < -0.39 is 0 Å². The quantitative estimate of drug-likeness (QED) is 0.577. The molecule has 0 unspecified atom stereocenters. The highest BCUT2D eigenvalue weighted by atomic mass is 16.3. The van der Waals surface area contributed by atoms with Crippen LogP contribution in [0.15, 0.2) is 24.3 Å². The fraction of sp³-hybridized carbons (Fsp3) is 0.333. The summed E-state index contributed by atoms with van der Waals surface area (Å²) in [4.78, 5) is 0. The summed E-state index contributed by atoms with van der Waals surface area (Å²) in [6.45, 7) is 0.107. The molecular weight excluding hydrogens is 152 g/mol. The molecule has 1 rings (SSSR count). The van der Waals surface area contributed by atoms with E-state index in [2.05, 4.69) is 0 Å². The van der Waals surface area contributed by atoms with Gasteiger partial charge in [-0.05, 0) is 24.1 Å². The summed E-state index contributed by atoms with van der Waals surface area (Å²) in [6.07, 6.45) is 0.573. The second kappa shape index (κ2) is 4.09. The average molecular weight is 166 g/mol. The van der Waals surface area contributed by atoms with Gasteiger partial charge >= 0.3 is 0 Å². The van der Waals surface area contributed by atoms with Crippen molar-refractivity contribution in [1.82, 2.24) is 0 Å². The summed E-state index contributed by atoms with van der Waals surface area (Å²) in [5.41, 5.74) is 13.0. The minimum atomic E-state index is -0.113. The third-order valence-electron chi connectivity index (χ3n) is 1.78. The number of hydrogen-bond acceptors (Lipinski definition) is 3. The molecule has 0 heterocycles. The molecule has 0 aliphatic heterocycles. The molecule has 0 amide bonds.